The van der Waals surface area contributed by atoms with E-state index in [0.29, 0.717) is 13.1 Å². The molecule has 1 fully saturated rings. The van der Waals surface area contributed by atoms with E-state index in [2.05, 4.69) is 15.3 Å². The summed E-state index contributed by atoms with van der Waals surface area (Å²) in [6, 6.07) is 0. The third-order valence-electron chi connectivity index (χ3n) is 11.9. The molecule has 1 saturated heterocycles. The van der Waals surface area contributed by atoms with Crippen LogP contribution in [-0.2, 0) is 23.8 Å². The van der Waals surface area contributed by atoms with Crippen LogP contribution >= 0.6 is 0 Å². The van der Waals surface area contributed by atoms with Crippen LogP contribution in [0.25, 0.3) is 10.8 Å². The molecule has 322 valence electrons. The summed E-state index contributed by atoms with van der Waals surface area (Å²) in [6.07, 6.45) is 4.86. The molecule has 2 aromatic carbocycles. The molecular formula is C43H58N4O12. The first-order valence-electron chi connectivity index (χ1n) is 19.8. The topological polar surface area (TPSA) is 220 Å². The second-order valence-electron chi connectivity index (χ2n) is 16.1. The predicted molar refractivity (Wildman–Crippen MR) is 220 cm³/mol. The van der Waals surface area contributed by atoms with Gasteiger partial charge in [-0.3, -0.25) is 19.4 Å². The van der Waals surface area contributed by atoms with Gasteiger partial charge in [0.15, 0.2) is 5.75 Å². The van der Waals surface area contributed by atoms with Gasteiger partial charge in [0.2, 0.25) is 0 Å². The molecule has 0 unspecified atom stereocenters. The number of nitrogens with zero attached hydrogens (tertiary/aromatic N) is 3. The van der Waals surface area contributed by atoms with Crippen molar-refractivity contribution in [3.63, 3.8) is 0 Å². The zero-order valence-corrected chi connectivity index (χ0v) is 35.3. The van der Waals surface area contributed by atoms with Crippen molar-refractivity contribution in [2.24, 2.45) is 28.8 Å². The van der Waals surface area contributed by atoms with E-state index in [1.165, 1.54) is 59.4 Å². The number of aliphatic hydroxyl groups is 2. The number of allylic oxidation sites excluding steroid dienone is 2. The van der Waals surface area contributed by atoms with Gasteiger partial charge in [-0.1, -0.05) is 45.9 Å². The van der Waals surface area contributed by atoms with Gasteiger partial charge in [0.05, 0.1) is 53.0 Å². The number of fused-ring (bicyclic) bond motifs is 14. The molecule has 4 aliphatic rings. The van der Waals surface area contributed by atoms with Crippen LogP contribution in [0.4, 0.5) is 5.69 Å². The minimum Gasteiger partial charge on any atom is -0.507 e. The first-order chi connectivity index (χ1) is 27.7. The Hall–Kier alpha value is -5.16. The molecule has 0 saturated carbocycles. The SMILES string of the molecule is CO[C@H]1C=CO[C@@]2(C)Oc3c(C)c(O)c4c(O)c(c(/C=N\N5CCN(C)CC5)c(O)c4c3C2=O)NC(=O)/C(C)=C\C=C/[C@H](C)[C@H](O)[C@@H](C)[C@@H](O)[C@@H](C)[C@H](OC(C)=O)[C@@H]1C. The number of hydrogen-bond acceptors (Lipinski definition) is 15. The highest BCUT2D eigenvalue weighted by atomic mass is 16.7. The highest BCUT2D eigenvalue weighted by molar-refractivity contribution is 6.23. The minimum absolute atomic E-state index is 0.0559. The number of ketones is 1. The number of anilines is 1. The summed E-state index contributed by atoms with van der Waals surface area (Å²) in [7, 11) is 3.42. The van der Waals surface area contributed by atoms with Gasteiger partial charge in [0, 0.05) is 87.3 Å². The lowest BCUT2D eigenvalue weighted by Crippen LogP contribution is -2.46. The number of rotatable bonds is 4. The van der Waals surface area contributed by atoms with Crippen molar-refractivity contribution in [3.05, 3.63) is 52.8 Å². The molecule has 59 heavy (non-hydrogen) atoms. The van der Waals surface area contributed by atoms with Gasteiger partial charge in [0.25, 0.3) is 11.7 Å². The average Bonchev–Trinajstić information content (AvgIpc) is 3.46. The second-order valence-corrected chi connectivity index (χ2v) is 16.1. The molecule has 5 bridgehead atoms. The first-order valence-corrected chi connectivity index (χ1v) is 19.8. The standard InChI is InChI=1S/C43H58N4O12/c1-21-12-11-13-22(2)42(55)45-33-28(20-44-47-17-15-46(9)16-18-47)37(52)30-31(38(33)53)36(51)26(6)40-32(30)41(54)43(8,59-40)57-19-14-29(56-10)23(3)39(58-27(7)48)25(5)35(50)24(4)34(21)49/h11-14,19-21,23-25,29,34-35,39,49-53H,15-18H2,1-10H3,(H,45,55)/b12-11-,19-14?,22-13-,44-20-/t21-,23+,24+,25+,29-,34-,35+,39+,43-/m0/s1. The number of hydrazone groups is 1. The third-order valence-corrected chi connectivity index (χ3v) is 11.9. The van der Waals surface area contributed by atoms with E-state index < -0.39 is 88.8 Å². The minimum atomic E-state index is -2.04. The fourth-order valence-corrected chi connectivity index (χ4v) is 7.92. The molecule has 6 rings (SSSR count). The normalized spacial score (nSPS) is 31.5. The highest BCUT2D eigenvalue weighted by Gasteiger charge is 2.50. The molecule has 0 aliphatic carbocycles. The van der Waals surface area contributed by atoms with Crippen LogP contribution in [0, 0.1) is 30.6 Å². The molecule has 9 atom stereocenters. The Labute approximate surface area is 344 Å². The molecule has 16 nitrogen and oxygen atoms in total. The number of aliphatic hydroxyl groups excluding tert-OH is 2. The van der Waals surface area contributed by atoms with Crippen LogP contribution in [0.5, 0.6) is 23.0 Å². The zero-order valence-electron chi connectivity index (χ0n) is 35.3. The molecule has 4 aliphatic heterocycles. The number of aromatic hydroxyl groups is 3. The smallest absolute Gasteiger partial charge is 0.312 e. The summed E-state index contributed by atoms with van der Waals surface area (Å²) in [4.78, 5) is 42.6. The lowest BCUT2D eigenvalue weighted by molar-refractivity contribution is -0.160. The quantitative estimate of drug-likeness (QED) is 0.109. The predicted octanol–water partition coefficient (Wildman–Crippen LogP) is 4.34. The zero-order chi connectivity index (χ0) is 43.7. The molecular weight excluding hydrogens is 764 g/mol. The number of ether oxygens (including phenoxy) is 4. The van der Waals surface area contributed by atoms with Crippen molar-refractivity contribution in [2.75, 3.05) is 45.7 Å². The van der Waals surface area contributed by atoms with E-state index in [4.69, 9.17) is 18.9 Å². The number of amides is 1. The first kappa shape index (κ1) is 44.9. The van der Waals surface area contributed by atoms with Crippen LogP contribution < -0.4 is 10.1 Å². The summed E-state index contributed by atoms with van der Waals surface area (Å²) >= 11 is 0. The summed E-state index contributed by atoms with van der Waals surface area (Å²) in [5.41, 5.74) is -0.350. The van der Waals surface area contributed by atoms with E-state index in [9.17, 15) is 39.9 Å². The van der Waals surface area contributed by atoms with Gasteiger partial charge in [-0.15, -0.1) is 0 Å². The summed E-state index contributed by atoms with van der Waals surface area (Å²) in [5, 5.41) is 66.8. The van der Waals surface area contributed by atoms with E-state index in [0.717, 1.165) is 13.1 Å². The van der Waals surface area contributed by atoms with Gasteiger partial charge in [-0.05, 0) is 27.0 Å². The van der Waals surface area contributed by atoms with Gasteiger partial charge in [-0.25, -0.2) is 0 Å². The molecule has 2 aromatic rings. The molecule has 16 heteroatoms. The maximum Gasteiger partial charge on any atom is 0.312 e. The van der Waals surface area contributed by atoms with Crippen molar-refractivity contribution in [3.8, 4) is 23.0 Å². The van der Waals surface area contributed by atoms with Crippen LogP contribution in [0.3, 0.4) is 0 Å². The molecule has 0 radical (unpaired) electrons. The van der Waals surface area contributed by atoms with E-state index in [1.54, 1.807) is 44.9 Å². The van der Waals surface area contributed by atoms with Gasteiger partial charge in [-0.2, -0.15) is 5.10 Å². The number of piperazine rings is 1. The number of Topliss-reactive ketones (excluding diaryl/α,β-unsaturated/α-hetero) is 1. The van der Waals surface area contributed by atoms with Crippen molar-refractivity contribution in [2.45, 2.75) is 85.6 Å². The number of phenolic OH excluding ortho intramolecular Hbond substituents is 3. The van der Waals surface area contributed by atoms with Gasteiger partial charge < -0.3 is 54.7 Å². The number of nitrogens with one attached hydrogen (secondary N) is 1. The second kappa shape index (κ2) is 18.0. The summed E-state index contributed by atoms with van der Waals surface area (Å²) < 4.78 is 23.6. The lowest BCUT2D eigenvalue weighted by atomic mass is 9.78. The number of carbonyl (C=O) groups is 3. The summed E-state index contributed by atoms with van der Waals surface area (Å²) in [6.45, 7) is 15.1. The van der Waals surface area contributed by atoms with Crippen LogP contribution in [0.2, 0.25) is 0 Å². The summed E-state index contributed by atoms with van der Waals surface area (Å²) in [5.74, 6) is -8.34. The Morgan fingerprint density at radius 3 is 2.24 bits per heavy atom. The fourth-order valence-electron chi connectivity index (χ4n) is 7.92. The third kappa shape index (κ3) is 8.91. The van der Waals surface area contributed by atoms with Crippen LogP contribution in [0.15, 0.2) is 41.2 Å². The molecule has 1 amide bonds. The van der Waals surface area contributed by atoms with E-state index in [1.807, 2.05) is 7.05 Å². The molecule has 4 heterocycles. The van der Waals surface area contributed by atoms with Gasteiger partial charge in [0.1, 0.15) is 23.4 Å². The number of benzene rings is 2. The maximum absolute atomic E-state index is 14.4. The Bertz CT molecular complexity index is 2070. The maximum atomic E-state index is 14.4. The van der Waals surface area contributed by atoms with Crippen molar-refractivity contribution < 1.29 is 58.9 Å². The number of carbonyl (C=O) groups excluding carboxylic acids is 3. The molecule has 0 aromatic heterocycles. The number of esters is 1. The van der Waals surface area contributed by atoms with Crippen molar-refractivity contribution >= 4 is 40.3 Å². The fraction of sp³-hybridized carbons (Fsp3) is 0.535. The van der Waals surface area contributed by atoms with Crippen molar-refractivity contribution in [1.82, 2.24) is 9.91 Å². The Balaban J connectivity index is 1.70. The highest BCUT2D eigenvalue weighted by Crippen LogP contribution is 2.55. The van der Waals surface area contributed by atoms with Crippen molar-refractivity contribution in [1.29, 1.82) is 0 Å². The lowest BCUT2D eigenvalue weighted by Gasteiger charge is -2.38. The monoisotopic (exact) mass is 822 g/mol. The number of methoxy groups -OCH3 is 1. The number of likely N-dealkylation sites (N-methyl/N-ethyl adjacent to an activating group) is 1. The Morgan fingerprint density at radius 2 is 1.61 bits per heavy atom. The van der Waals surface area contributed by atoms with E-state index >= 15 is 0 Å². The van der Waals surface area contributed by atoms with E-state index in [-0.39, 0.29) is 44.5 Å². The Morgan fingerprint density at radius 1 is 0.949 bits per heavy atom. The average molecular weight is 823 g/mol. The number of hydrogen-bond donors (Lipinski definition) is 6. The largest absolute Gasteiger partial charge is 0.507 e. The molecule has 6 N–H and O–H groups in total. The number of phenols is 3. The molecule has 0 spiro atoms. The Kier molecular flexibility index (Phi) is 13.7. The van der Waals surface area contributed by atoms with Crippen LogP contribution in [0.1, 0.15) is 70.0 Å². The van der Waals surface area contributed by atoms with Gasteiger partial charge >= 0.3 is 11.8 Å². The van der Waals surface area contributed by atoms with Crippen LogP contribution in [-0.4, -0.2) is 130 Å².